The van der Waals surface area contributed by atoms with Crippen molar-refractivity contribution in [2.45, 2.75) is 6.42 Å². The number of allylic oxidation sites excluding steroid dienone is 2. The van der Waals surface area contributed by atoms with Crippen molar-refractivity contribution in [2.75, 3.05) is 18.0 Å². The summed E-state index contributed by atoms with van der Waals surface area (Å²) in [7, 11) is 0. The Morgan fingerprint density at radius 3 is 2.47 bits per heavy atom. The van der Waals surface area contributed by atoms with Crippen LogP contribution in [-0.2, 0) is 0 Å². The van der Waals surface area contributed by atoms with E-state index in [0.29, 0.717) is 6.54 Å². The van der Waals surface area contributed by atoms with E-state index in [1.165, 1.54) is 12.1 Å². The van der Waals surface area contributed by atoms with E-state index in [0.717, 1.165) is 18.7 Å². The molecule has 0 bridgehead atoms. The summed E-state index contributed by atoms with van der Waals surface area (Å²) in [5, 5.41) is 10.6. The number of hydrogen-bond donors (Lipinski definition) is 0. The molecule has 0 fully saturated rings. The monoisotopic (exact) mass is 252 g/mol. The number of non-ortho nitro benzene ring substituents is 1. The molecule has 0 aromatic heterocycles. The summed E-state index contributed by atoms with van der Waals surface area (Å²) in [6.45, 7) is 1.34. The molecule has 0 radical (unpaired) electrons. The molecule has 2 rings (SSSR count). The molecule has 94 valence electrons. The van der Waals surface area contributed by atoms with Crippen LogP contribution in [0.1, 0.15) is 6.42 Å². The van der Waals surface area contributed by atoms with Crippen LogP contribution < -0.4 is 4.90 Å². The molecule has 4 nitrogen and oxygen atoms in total. The van der Waals surface area contributed by atoms with Crippen molar-refractivity contribution in [1.82, 2.24) is 0 Å². The largest absolute Gasteiger partial charge is 0.359 e. The van der Waals surface area contributed by atoms with Crippen molar-refractivity contribution in [3.05, 3.63) is 46.5 Å². The molecular weight excluding hydrogens is 240 g/mol. The minimum Gasteiger partial charge on any atom is -0.359 e. The van der Waals surface area contributed by atoms with Crippen molar-refractivity contribution < 1.29 is 4.92 Å². The molecule has 0 spiro atoms. The summed E-state index contributed by atoms with van der Waals surface area (Å²) in [6.07, 6.45) is 4.21. The van der Waals surface area contributed by atoms with Crippen LogP contribution in [0.15, 0.2) is 36.4 Å². The molecule has 4 heteroatoms. The van der Waals surface area contributed by atoms with E-state index in [1.807, 2.05) is 0 Å². The fraction of sp³-hybridized carbons (Fsp3) is 0.200. The number of rotatable bonds is 2. The van der Waals surface area contributed by atoms with Crippen molar-refractivity contribution >= 4 is 11.4 Å². The minimum atomic E-state index is -0.400. The summed E-state index contributed by atoms with van der Waals surface area (Å²) >= 11 is 0. The second kappa shape index (κ2) is 6.28. The van der Waals surface area contributed by atoms with Gasteiger partial charge in [-0.15, -0.1) is 0 Å². The standard InChI is InChI=1S/C15H12N2O2/c18-17(19)15-10-8-14(9-11-15)16-12-6-4-2-1-3-5-7-13-16/h1-2,8-11H,7,12-13H2/b2-1-. The first kappa shape index (κ1) is 12.7. The van der Waals surface area contributed by atoms with Gasteiger partial charge in [0, 0.05) is 30.8 Å². The van der Waals surface area contributed by atoms with Crippen molar-refractivity contribution in [3.63, 3.8) is 0 Å². The van der Waals surface area contributed by atoms with Gasteiger partial charge >= 0.3 is 0 Å². The minimum absolute atomic E-state index is 0.0959. The molecule has 0 saturated heterocycles. The van der Waals surface area contributed by atoms with Gasteiger partial charge < -0.3 is 4.90 Å². The third-order valence-corrected chi connectivity index (χ3v) is 2.66. The highest BCUT2D eigenvalue weighted by Crippen LogP contribution is 2.19. The van der Waals surface area contributed by atoms with Gasteiger partial charge in [0.15, 0.2) is 0 Å². The van der Waals surface area contributed by atoms with E-state index < -0.39 is 4.92 Å². The van der Waals surface area contributed by atoms with Gasteiger partial charge in [0.1, 0.15) is 0 Å². The Morgan fingerprint density at radius 1 is 1.11 bits per heavy atom. The molecule has 19 heavy (non-hydrogen) atoms. The van der Waals surface area contributed by atoms with Crippen LogP contribution in [0.5, 0.6) is 0 Å². The molecule has 0 unspecified atom stereocenters. The van der Waals surface area contributed by atoms with Crippen LogP contribution >= 0.6 is 0 Å². The van der Waals surface area contributed by atoms with Gasteiger partial charge in [-0.25, -0.2) is 0 Å². The highest BCUT2D eigenvalue weighted by Gasteiger charge is 2.08. The molecule has 0 saturated carbocycles. The van der Waals surface area contributed by atoms with Crippen LogP contribution in [0.3, 0.4) is 0 Å². The van der Waals surface area contributed by atoms with Crippen LogP contribution in [0.25, 0.3) is 0 Å². The molecule has 0 N–H and O–H groups in total. The zero-order valence-corrected chi connectivity index (χ0v) is 10.3. The SMILES string of the molecule is O=[N+]([O-])c1ccc(N2CC#C/C=C\C#CCC2)cc1. The zero-order chi connectivity index (χ0) is 13.5. The number of nitrogens with zero attached hydrogens (tertiary/aromatic N) is 2. The number of anilines is 1. The Bertz CT molecular complexity index is 610. The van der Waals surface area contributed by atoms with E-state index in [2.05, 4.69) is 28.6 Å². The van der Waals surface area contributed by atoms with Crippen LogP contribution in [0.4, 0.5) is 11.4 Å². The molecule has 0 aliphatic carbocycles. The number of hydrogen-bond acceptors (Lipinski definition) is 3. The molecule has 1 aliphatic heterocycles. The number of benzene rings is 1. The lowest BCUT2D eigenvalue weighted by Crippen LogP contribution is -2.24. The lowest BCUT2D eigenvalue weighted by molar-refractivity contribution is -0.384. The Balaban J connectivity index is 2.17. The third-order valence-electron chi connectivity index (χ3n) is 2.66. The second-order valence-electron chi connectivity index (χ2n) is 3.92. The maximum atomic E-state index is 10.6. The zero-order valence-electron chi connectivity index (χ0n) is 10.3. The molecule has 1 aliphatic rings. The van der Waals surface area contributed by atoms with Gasteiger partial charge in [0.25, 0.3) is 5.69 Å². The van der Waals surface area contributed by atoms with E-state index in [9.17, 15) is 10.1 Å². The van der Waals surface area contributed by atoms with E-state index >= 15 is 0 Å². The first-order valence-corrected chi connectivity index (χ1v) is 5.88. The maximum Gasteiger partial charge on any atom is 0.269 e. The summed E-state index contributed by atoms with van der Waals surface area (Å²) < 4.78 is 0. The topological polar surface area (TPSA) is 46.4 Å². The molecule has 1 aromatic rings. The van der Waals surface area contributed by atoms with Crippen molar-refractivity contribution in [2.24, 2.45) is 0 Å². The predicted octanol–water partition coefficient (Wildman–Crippen LogP) is 2.37. The molecule has 0 atom stereocenters. The van der Waals surface area contributed by atoms with Crippen molar-refractivity contribution in [1.29, 1.82) is 0 Å². The number of nitro benzene ring substituents is 1. The van der Waals surface area contributed by atoms with Gasteiger partial charge in [-0.3, -0.25) is 10.1 Å². The average molecular weight is 252 g/mol. The summed E-state index contributed by atoms with van der Waals surface area (Å²) in [6, 6.07) is 6.50. The quantitative estimate of drug-likeness (QED) is 0.461. The first-order chi connectivity index (χ1) is 9.27. The van der Waals surface area contributed by atoms with Gasteiger partial charge in [0.05, 0.1) is 11.5 Å². The molecule has 1 aromatic carbocycles. The van der Waals surface area contributed by atoms with Gasteiger partial charge in [-0.2, -0.15) is 0 Å². The molecule has 0 amide bonds. The van der Waals surface area contributed by atoms with E-state index in [1.54, 1.807) is 24.3 Å². The summed E-state index contributed by atoms with van der Waals surface area (Å²) in [4.78, 5) is 12.3. The lowest BCUT2D eigenvalue weighted by Gasteiger charge is -2.21. The predicted molar refractivity (Wildman–Crippen MR) is 74.6 cm³/mol. The van der Waals surface area contributed by atoms with Crippen LogP contribution in [0, 0.1) is 33.8 Å². The normalized spacial score (nSPS) is 15.5. The van der Waals surface area contributed by atoms with Crippen molar-refractivity contribution in [3.8, 4) is 23.7 Å². The van der Waals surface area contributed by atoms with E-state index in [-0.39, 0.29) is 5.69 Å². The highest BCUT2D eigenvalue weighted by atomic mass is 16.6. The van der Waals surface area contributed by atoms with Gasteiger partial charge in [-0.1, -0.05) is 23.7 Å². The first-order valence-electron chi connectivity index (χ1n) is 5.88. The Kier molecular flexibility index (Phi) is 4.21. The van der Waals surface area contributed by atoms with Gasteiger partial charge in [-0.05, 0) is 24.3 Å². The smallest absolute Gasteiger partial charge is 0.269 e. The lowest BCUT2D eigenvalue weighted by atomic mass is 10.2. The fourth-order valence-electron chi connectivity index (χ4n) is 1.69. The maximum absolute atomic E-state index is 10.6. The average Bonchev–Trinajstić information content (AvgIpc) is 2.45. The summed E-state index contributed by atoms with van der Waals surface area (Å²) in [5.74, 6) is 11.9. The third kappa shape index (κ3) is 3.62. The Labute approximate surface area is 111 Å². The molecular formula is C15H12N2O2. The second-order valence-corrected chi connectivity index (χ2v) is 3.92. The fourth-order valence-corrected chi connectivity index (χ4v) is 1.69. The van der Waals surface area contributed by atoms with E-state index in [4.69, 9.17) is 0 Å². The van der Waals surface area contributed by atoms with Crippen LogP contribution in [-0.4, -0.2) is 18.0 Å². The van der Waals surface area contributed by atoms with Crippen LogP contribution in [0.2, 0.25) is 0 Å². The van der Waals surface area contributed by atoms with Gasteiger partial charge in [0.2, 0.25) is 0 Å². The highest BCUT2D eigenvalue weighted by molar-refractivity contribution is 5.52. The summed E-state index contributed by atoms with van der Waals surface area (Å²) in [5.41, 5.74) is 1.02. The Hall–Kier alpha value is -2.72. The Morgan fingerprint density at radius 2 is 1.79 bits per heavy atom. The molecule has 1 heterocycles. The number of nitro groups is 1.